The minimum Gasteiger partial charge on any atom is -0.493 e. The van der Waals surface area contributed by atoms with Crippen LogP contribution in [0.2, 0.25) is 0 Å². The summed E-state index contributed by atoms with van der Waals surface area (Å²) in [5.74, 6) is 1.55. The highest BCUT2D eigenvalue weighted by Gasteiger charge is 2.06. The summed E-state index contributed by atoms with van der Waals surface area (Å²) in [5.41, 5.74) is 3.68. The van der Waals surface area contributed by atoms with E-state index in [4.69, 9.17) is 9.47 Å². The van der Waals surface area contributed by atoms with Crippen molar-refractivity contribution in [3.63, 3.8) is 0 Å². The summed E-state index contributed by atoms with van der Waals surface area (Å²) in [7, 11) is 3.60. The molecule has 0 aliphatic rings. The summed E-state index contributed by atoms with van der Waals surface area (Å²) >= 11 is 0. The van der Waals surface area contributed by atoms with Crippen LogP contribution < -0.4 is 14.8 Å². The van der Waals surface area contributed by atoms with Gasteiger partial charge in [-0.1, -0.05) is 37.3 Å². The Morgan fingerprint density at radius 1 is 0.905 bits per heavy atom. The lowest BCUT2D eigenvalue weighted by Crippen LogP contribution is -2.05. The van der Waals surface area contributed by atoms with E-state index >= 15 is 0 Å². The van der Waals surface area contributed by atoms with Crippen LogP contribution >= 0.6 is 0 Å². The summed E-state index contributed by atoms with van der Waals surface area (Å²) in [6.07, 6.45) is 1.06. The summed E-state index contributed by atoms with van der Waals surface area (Å²) in [5, 5.41) is 3.13. The normalized spacial score (nSPS) is 10.4. The topological polar surface area (TPSA) is 30.5 Å². The van der Waals surface area contributed by atoms with E-state index in [1.807, 2.05) is 19.2 Å². The maximum Gasteiger partial charge on any atom is 0.161 e. The molecular weight excluding hydrogens is 262 g/mol. The highest BCUT2D eigenvalue weighted by Crippen LogP contribution is 2.28. The Bertz CT molecular complexity index is 564. The van der Waals surface area contributed by atoms with Crippen molar-refractivity contribution in [3.05, 3.63) is 59.2 Å². The van der Waals surface area contributed by atoms with E-state index in [1.165, 1.54) is 11.1 Å². The number of rotatable bonds is 7. The zero-order chi connectivity index (χ0) is 15.1. The van der Waals surface area contributed by atoms with Crippen molar-refractivity contribution in [2.75, 3.05) is 14.2 Å². The molecule has 0 fully saturated rings. The summed E-state index contributed by atoms with van der Waals surface area (Å²) in [4.78, 5) is 0. The first kappa shape index (κ1) is 15.4. The average molecular weight is 285 g/mol. The van der Waals surface area contributed by atoms with Gasteiger partial charge in [0.15, 0.2) is 11.5 Å². The predicted molar refractivity (Wildman–Crippen MR) is 85.9 cm³/mol. The molecule has 2 aromatic carbocycles. The zero-order valence-corrected chi connectivity index (χ0v) is 13.0. The zero-order valence-electron chi connectivity index (χ0n) is 13.0. The van der Waals surface area contributed by atoms with Gasteiger partial charge in [-0.15, -0.1) is 0 Å². The van der Waals surface area contributed by atoms with E-state index in [9.17, 15) is 0 Å². The molecule has 0 aliphatic carbocycles. The minimum atomic E-state index is 0.547. The number of hydrogen-bond donors (Lipinski definition) is 1. The first-order valence-electron chi connectivity index (χ1n) is 7.29. The molecule has 2 aromatic rings. The van der Waals surface area contributed by atoms with E-state index in [2.05, 4.69) is 42.6 Å². The van der Waals surface area contributed by atoms with Gasteiger partial charge >= 0.3 is 0 Å². The first-order valence-corrected chi connectivity index (χ1v) is 7.29. The SMILES string of the molecule is CCc1ccc(COc2ccc(CNC)cc2OC)cc1. The molecule has 0 atom stereocenters. The predicted octanol–water partition coefficient (Wildman–Crippen LogP) is 3.56. The van der Waals surface area contributed by atoms with Gasteiger partial charge in [-0.3, -0.25) is 0 Å². The molecule has 0 radical (unpaired) electrons. The largest absolute Gasteiger partial charge is 0.493 e. The van der Waals surface area contributed by atoms with Crippen LogP contribution in [0.15, 0.2) is 42.5 Å². The standard InChI is InChI=1S/C18H23NO2/c1-4-14-5-7-15(8-6-14)13-21-17-10-9-16(12-19-2)11-18(17)20-3/h5-11,19H,4,12-13H2,1-3H3. The number of nitrogens with one attached hydrogen (secondary N) is 1. The van der Waals surface area contributed by atoms with E-state index in [-0.39, 0.29) is 0 Å². The van der Waals surface area contributed by atoms with Crippen LogP contribution in [0.4, 0.5) is 0 Å². The van der Waals surface area contributed by atoms with Crippen molar-refractivity contribution < 1.29 is 9.47 Å². The molecule has 0 aromatic heterocycles. The lowest BCUT2D eigenvalue weighted by atomic mass is 10.1. The third-order valence-electron chi connectivity index (χ3n) is 3.43. The van der Waals surface area contributed by atoms with Crippen molar-refractivity contribution in [3.8, 4) is 11.5 Å². The lowest BCUT2D eigenvalue weighted by Gasteiger charge is -2.12. The fraction of sp³-hybridized carbons (Fsp3) is 0.333. The Morgan fingerprint density at radius 3 is 2.19 bits per heavy atom. The van der Waals surface area contributed by atoms with Gasteiger partial charge in [-0.25, -0.2) is 0 Å². The molecule has 3 nitrogen and oxygen atoms in total. The Labute approximate surface area is 126 Å². The molecule has 21 heavy (non-hydrogen) atoms. The van der Waals surface area contributed by atoms with Crippen LogP contribution in [0.5, 0.6) is 11.5 Å². The van der Waals surface area contributed by atoms with Crippen LogP contribution in [-0.4, -0.2) is 14.2 Å². The second-order valence-corrected chi connectivity index (χ2v) is 4.97. The molecule has 112 valence electrons. The number of methoxy groups -OCH3 is 1. The molecule has 2 rings (SSSR count). The van der Waals surface area contributed by atoms with Gasteiger partial charge in [-0.2, -0.15) is 0 Å². The maximum absolute atomic E-state index is 5.88. The third-order valence-corrected chi connectivity index (χ3v) is 3.43. The van der Waals surface area contributed by atoms with E-state index in [1.54, 1.807) is 7.11 Å². The number of benzene rings is 2. The summed E-state index contributed by atoms with van der Waals surface area (Å²) < 4.78 is 11.3. The molecule has 0 aliphatic heterocycles. The highest BCUT2D eigenvalue weighted by atomic mass is 16.5. The van der Waals surface area contributed by atoms with Gasteiger partial charge in [0.25, 0.3) is 0 Å². The molecule has 3 heteroatoms. The first-order chi connectivity index (χ1) is 10.3. The maximum atomic E-state index is 5.88. The fourth-order valence-corrected chi connectivity index (χ4v) is 2.18. The van der Waals surface area contributed by atoms with Crippen LogP contribution in [-0.2, 0) is 19.6 Å². The Balaban J connectivity index is 2.04. The lowest BCUT2D eigenvalue weighted by molar-refractivity contribution is 0.284. The van der Waals surface area contributed by atoms with Crippen molar-refractivity contribution in [2.24, 2.45) is 0 Å². The molecule has 0 saturated carbocycles. The molecule has 0 unspecified atom stereocenters. The van der Waals surface area contributed by atoms with Crippen molar-refractivity contribution in [1.82, 2.24) is 5.32 Å². The van der Waals surface area contributed by atoms with Crippen LogP contribution in [0.1, 0.15) is 23.6 Å². The van der Waals surface area contributed by atoms with Crippen molar-refractivity contribution in [1.29, 1.82) is 0 Å². The molecular formula is C18H23NO2. The van der Waals surface area contributed by atoms with E-state index in [0.29, 0.717) is 6.61 Å². The second kappa shape index (κ2) is 7.70. The summed E-state index contributed by atoms with van der Waals surface area (Å²) in [6, 6.07) is 14.5. The average Bonchev–Trinajstić information content (AvgIpc) is 2.54. The third kappa shape index (κ3) is 4.23. The van der Waals surface area contributed by atoms with E-state index in [0.717, 1.165) is 30.0 Å². The molecule has 0 saturated heterocycles. The van der Waals surface area contributed by atoms with Gasteiger partial charge in [0.2, 0.25) is 0 Å². The van der Waals surface area contributed by atoms with Gasteiger partial charge in [0, 0.05) is 6.54 Å². The Kier molecular flexibility index (Phi) is 5.64. The second-order valence-electron chi connectivity index (χ2n) is 4.97. The van der Waals surface area contributed by atoms with Crippen LogP contribution in [0.25, 0.3) is 0 Å². The van der Waals surface area contributed by atoms with Crippen molar-refractivity contribution in [2.45, 2.75) is 26.5 Å². The number of ether oxygens (including phenoxy) is 2. The van der Waals surface area contributed by atoms with Crippen LogP contribution in [0.3, 0.4) is 0 Å². The molecule has 0 heterocycles. The van der Waals surface area contributed by atoms with Gasteiger partial charge < -0.3 is 14.8 Å². The quantitative estimate of drug-likeness (QED) is 0.844. The summed E-state index contributed by atoms with van der Waals surface area (Å²) in [6.45, 7) is 3.52. The highest BCUT2D eigenvalue weighted by molar-refractivity contribution is 5.43. The minimum absolute atomic E-state index is 0.547. The van der Waals surface area contributed by atoms with Crippen LogP contribution in [0, 0.1) is 0 Å². The monoisotopic (exact) mass is 285 g/mol. The Hall–Kier alpha value is -2.00. The van der Waals surface area contributed by atoms with Crippen molar-refractivity contribution >= 4 is 0 Å². The molecule has 1 N–H and O–H groups in total. The molecule has 0 bridgehead atoms. The Morgan fingerprint density at radius 2 is 1.57 bits per heavy atom. The fourth-order valence-electron chi connectivity index (χ4n) is 2.18. The van der Waals surface area contributed by atoms with Gasteiger partial charge in [0.05, 0.1) is 7.11 Å². The van der Waals surface area contributed by atoms with Gasteiger partial charge in [0.1, 0.15) is 6.61 Å². The van der Waals surface area contributed by atoms with E-state index < -0.39 is 0 Å². The molecule has 0 spiro atoms. The number of aryl methyl sites for hydroxylation is 1. The van der Waals surface area contributed by atoms with Gasteiger partial charge in [-0.05, 0) is 42.3 Å². The number of hydrogen-bond acceptors (Lipinski definition) is 3. The molecule has 0 amide bonds. The smallest absolute Gasteiger partial charge is 0.161 e.